The lowest BCUT2D eigenvalue weighted by atomic mass is 9.88. The molecule has 208 valence electrons. The van der Waals surface area contributed by atoms with Crippen LogP contribution in [0.2, 0.25) is 0 Å². The van der Waals surface area contributed by atoms with Crippen molar-refractivity contribution in [2.24, 2.45) is 0 Å². The average Bonchev–Trinajstić information content (AvgIpc) is 3.45. The first-order chi connectivity index (χ1) is 20.4. The SMILES string of the molecule is CC(C)c1cccc(C(C)C)c1-n1cc(-c2cccc3ccccc23)nc1-c1ccc2c(n1)-c1c(O)cccc1CC2. The normalized spacial score (nSPS) is 12.6. The van der Waals surface area contributed by atoms with Crippen LogP contribution >= 0.6 is 0 Å². The van der Waals surface area contributed by atoms with Crippen LogP contribution < -0.4 is 0 Å². The molecular weight excluding hydrogens is 514 g/mol. The van der Waals surface area contributed by atoms with E-state index in [4.69, 9.17) is 9.97 Å². The van der Waals surface area contributed by atoms with Crippen molar-refractivity contribution in [1.82, 2.24) is 14.5 Å². The molecule has 42 heavy (non-hydrogen) atoms. The van der Waals surface area contributed by atoms with Gasteiger partial charge in [0.1, 0.15) is 11.4 Å². The van der Waals surface area contributed by atoms with Crippen LogP contribution in [0.1, 0.15) is 61.8 Å². The fourth-order valence-corrected chi connectivity index (χ4v) is 6.47. The molecule has 0 atom stereocenters. The summed E-state index contributed by atoms with van der Waals surface area (Å²) in [5.41, 5.74) is 10.6. The second-order valence-electron chi connectivity index (χ2n) is 12.0. The molecule has 0 amide bonds. The Hall–Kier alpha value is -4.70. The van der Waals surface area contributed by atoms with Crippen molar-refractivity contribution in [2.45, 2.75) is 52.4 Å². The number of benzene rings is 4. The standard InChI is InChI=1S/C38H35N3O/c1-23(2)28-14-9-15-29(24(3)4)37(28)41-22-33(31-16-7-11-25-10-5-6-13-30(25)31)40-38(41)32-21-20-27-19-18-26-12-8-17-34(42)35(26)36(27)39-32/h5-17,20-24,42H,18-19H2,1-4H3. The lowest BCUT2D eigenvalue weighted by molar-refractivity contribution is 0.476. The number of hydrogen-bond acceptors (Lipinski definition) is 3. The highest BCUT2D eigenvalue weighted by molar-refractivity contribution is 5.96. The van der Waals surface area contributed by atoms with Crippen LogP contribution in [0.5, 0.6) is 5.75 Å². The van der Waals surface area contributed by atoms with Crippen molar-refractivity contribution in [1.29, 1.82) is 0 Å². The summed E-state index contributed by atoms with van der Waals surface area (Å²) in [6, 6.07) is 31.6. The Bertz CT molecular complexity index is 1930. The lowest BCUT2D eigenvalue weighted by Gasteiger charge is -2.23. The van der Waals surface area contributed by atoms with Crippen molar-refractivity contribution in [3.05, 3.63) is 119 Å². The molecule has 1 aliphatic rings. The summed E-state index contributed by atoms with van der Waals surface area (Å²) in [5.74, 6) is 1.74. The molecule has 0 unspecified atom stereocenters. The van der Waals surface area contributed by atoms with Gasteiger partial charge < -0.3 is 5.11 Å². The molecule has 4 nitrogen and oxygen atoms in total. The van der Waals surface area contributed by atoms with Crippen molar-refractivity contribution < 1.29 is 5.11 Å². The number of aromatic hydroxyl groups is 1. The van der Waals surface area contributed by atoms with Crippen LogP contribution in [-0.4, -0.2) is 19.6 Å². The summed E-state index contributed by atoms with van der Waals surface area (Å²) >= 11 is 0. The molecule has 2 aromatic heterocycles. The first kappa shape index (κ1) is 26.2. The lowest BCUT2D eigenvalue weighted by Crippen LogP contribution is -2.10. The van der Waals surface area contributed by atoms with Gasteiger partial charge in [0.05, 0.1) is 17.1 Å². The van der Waals surface area contributed by atoms with Crippen LogP contribution in [0.4, 0.5) is 0 Å². The maximum absolute atomic E-state index is 10.9. The summed E-state index contributed by atoms with van der Waals surface area (Å²) in [7, 11) is 0. The van der Waals surface area contributed by atoms with Gasteiger partial charge >= 0.3 is 0 Å². The Morgan fingerprint density at radius 2 is 1.36 bits per heavy atom. The number of fused-ring (bicyclic) bond motifs is 4. The zero-order valence-electron chi connectivity index (χ0n) is 24.6. The zero-order valence-corrected chi connectivity index (χ0v) is 24.6. The number of hydrogen-bond donors (Lipinski definition) is 1. The van der Waals surface area contributed by atoms with E-state index in [-0.39, 0.29) is 5.75 Å². The molecule has 0 saturated heterocycles. The molecule has 0 saturated carbocycles. The molecule has 0 radical (unpaired) electrons. The van der Waals surface area contributed by atoms with E-state index in [1.54, 1.807) is 6.07 Å². The highest BCUT2D eigenvalue weighted by atomic mass is 16.3. The summed E-state index contributed by atoms with van der Waals surface area (Å²) in [4.78, 5) is 10.6. The van der Waals surface area contributed by atoms with Gasteiger partial charge in [0.2, 0.25) is 0 Å². The average molecular weight is 550 g/mol. The van der Waals surface area contributed by atoms with E-state index in [1.807, 2.05) is 6.07 Å². The second kappa shape index (κ2) is 10.3. The number of pyridine rings is 1. The number of phenols is 1. The Kier molecular flexibility index (Phi) is 6.42. The minimum atomic E-state index is 0.283. The van der Waals surface area contributed by atoms with Gasteiger partial charge in [0, 0.05) is 17.3 Å². The highest BCUT2D eigenvalue weighted by Crippen LogP contribution is 2.41. The molecule has 0 aliphatic heterocycles. The van der Waals surface area contributed by atoms with Crippen molar-refractivity contribution in [3.63, 3.8) is 0 Å². The van der Waals surface area contributed by atoms with E-state index >= 15 is 0 Å². The van der Waals surface area contributed by atoms with Crippen LogP contribution in [0.15, 0.2) is 97.2 Å². The molecule has 0 fully saturated rings. The number of para-hydroxylation sites is 1. The van der Waals surface area contributed by atoms with Crippen molar-refractivity contribution in [2.75, 3.05) is 0 Å². The third-order valence-electron chi connectivity index (χ3n) is 8.59. The number of rotatable bonds is 5. The van der Waals surface area contributed by atoms with Gasteiger partial charge in [-0.2, -0.15) is 0 Å². The Labute approximate surface area is 247 Å². The Balaban J connectivity index is 1.52. The molecular formula is C38H35N3O. The molecule has 0 bridgehead atoms. The minimum absolute atomic E-state index is 0.283. The number of imidazole rings is 1. The second-order valence-corrected chi connectivity index (χ2v) is 12.0. The third kappa shape index (κ3) is 4.30. The maximum Gasteiger partial charge on any atom is 0.163 e. The van der Waals surface area contributed by atoms with Crippen molar-refractivity contribution in [3.8, 4) is 45.5 Å². The number of aromatic nitrogens is 3. The van der Waals surface area contributed by atoms with Crippen LogP contribution in [0.25, 0.3) is 50.5 Å². The summed E-state index contributed by atoms with van der Waals surface area (Å²) in [6.45, 7) is 9.01. The summed E-state index contributed by atoms with van der Waals surface area (Å²) in [5, 5.41) is 13.3. The first-order valence-corrected chi connectivity index (χ1v) is 14.9. The Morgan fingerprint density at radius 1 is 0.667 bits per heavy atom. The fraction of sp³-hybridized carbons (Fsp3) is 0.211. The highest BCUT2D eigenvalue weighted by Gasteiger charge is 2.25. The van der Waals surface area contributed by atoms with E-state index in [9.17, 15) is 5.11 Å². The third-order valence-corrected chi connectivity index (χ3v) is 8.59. The molecule has 7 rings (SSSR count). The van der Waals surface area contributed by atoms with Crippen LogP contribution in [0, 0.1) is 0 Å². The molecule has 4 heteroatoms. The number of aryl methyl sites for hydroxylation is 2. The van der Waals surface area contributed by atoms with E-state index in [0.29, 0.717) is 11.8 Å². The fourth-order valence-electron chi connectivity index (χ4n) is 6.47. The first-order valence-electron chi connectivity index (χ1n) is 14.9. The van der Waals surface area contributed by atoms with Gasteiger partial charge in [-0.3, -0.25) is 4.57 Å². The van der Waals surface area contributed by atoms with Gasteiger partial charge in [0.15, 0.2) is 5.82 Å². The molecule has 0 spiro atoms. The molecule has 6 aromatic rings. The predicted molar refractivity (Wildman–Crippen MR) is 172 cm³/mol. The topological polar surface area (TPSA) is 50.9 Å². The molecule has 4 aromatic carbocycles. The number of phenolic OH excluding ortho intramolecular Hbond substituents is 1. The van der Waals surface area contributed by atoms with E-state index in [2.05, 4.69) is 117 Å². The smallest absolute Gasteiger partial charge is 0.163 e. The molecule has 2 heterocycles. The predicted octanol–water partition coefficient (Wildman–Crippen LogP) is 9.47. The van der Waals surface area contributed by atoms with Crippen LogP contribution in [-0.2, 0) is 12.8 Å². The van der Waals surface area contributed by atoms with Gasteiger partial charge in [-0.15, -0.1) is 0 Å². The van der Waals surface area contributed by atoms with Gasteiger partial charge in [-0.25, -0.2) is 9.97 Å². The van der Waals surface area contributed by atoms with Gasteiger partial charge in [0.25, 0.3) is 0 Å². The van der Waals surface area contributed by atoms with E-state index in [1.165, 1.54) is 27.6 Å². The largest absolute Gasteiger partial charge is 0.507 e. The summed E-state index contributed by atoms with van der Waals surface area (Å²) < 4.78 is 2.27. The monoisotopic (exact) mass is 549 g/mol. The molecule has 1 N–H and O–H groups in total. The zero-order chi connectivity index (χ0) is 29.0. The Morgan fingerprint density at radius 3 is 2.14 bits per heavy atom. The number of nitrogens with zero attached hydrogens (tertiary/aromatic N) is 3. The van der Waals surface area contributed by atoms with E-state index < -0.39 is 0 Å². The van der Waals surface area contributed by atoms with Crippen molar-refractivity contribution >= 4 is 10.8 Å². The van der Waals surface area contributed by atoms with Gasteiger partial charge in [-0.05, 0) is 69.8 Å². The van der Waals surface area contributed by atoms with E-state index in [0.717, 1.165) is 58.0 Å². The maximum atomic E-state index is 10.9. The van der Waals surface area contributed by atoms with Gasteiger partial charge in [-0.1, -0.05) is 107 Å². The summed E-state index contributed by atoms with van der Waals surface area (Å²) in [6.07, 6.45) is 4.00. The van der Waals surface area contributed by atoms with Crippen LogP contribution in [0.3, 0.4) is 0 Å². The quantitative estimate of drug-likeness (QED) is 0.233. The molecule has 1 aliphatic carbocycles. The minimum Gasteiger partial charge on any atom is -0.507 e.